The lowest BCUT2D eigenvalue weighted by molar-refractivity contribution is 0.196. The first-order chi connectivity index (χ1) is 9.73. The standard InChI is InChI=1S/C13H19BrClN3O2S/c1-17(2)10-3-5-18(6-4-10)21(19,20)12-8-9(15)7-11(16)13(12)14/h7-8,10H,3-6,16H2,1-2H3. The van der Waals surface area contributed by atoms with Crippen molar-refractivity contribution in [3.8, 4) is 0 Å². The van der Waals surface area contributed by atoms with Gasteiger partial charge in [0.15, 0.2) is 0 Å². The molecule has 21 heavy (non-hydrogen) atoms. The third kappa shape index (κ3) is 3.53. The number of anilines is 1. The second kappa shape index (κ2) is 6.42. The van der Waals surface area contributed by atoms with Gasteiger partial charge >= 0.3 is 0 Å². The van der Waals surface area contributed by atoms with Crippen molar-refractivity contribution in [2.24, 2.45) is 0 Å². The van der Waals surface area contributed by atoms with Gasteiger partial charge in [0, 0.05) is 29.8 Å². The second-order valence-electron chi connectivity index (χ2n) is 5.41. The normalized spacial score (nSPS) is 18.3. The smallest absolute Gasteiger partial charge is 0.244 e. The molecule has 2 N–H and O–H groups in total. The van der Waals surface area contributed by atoms with Crippen LogP contribution in [0.1, 0.15) is 12.8 Å². The SMILES string of the molecule is CN(C)C1CCN(S(=O)(=O)c2cc(Cl)cc(N)c2Br)CC1. The van der Waals surface area contributed by atoms with Crippen LogP contribution in [0, 0.1) is 0 Å². The molecule has 8 heteroatoms. The Balaban J connectivity index is 2.28. The fraction of sp³-hybridized carbons (Fsp3) is 0.538. The van der Waals surface area contributed by atoms with E-state index in [0.29, 0.717) is 34.3 Å². The zero-order chi connectivity index (χ0) is 15.8. The molecule has 1 aromatic rings. The van der Waals surface area contributed by atoms with Crippen LogP contribution >= 0.6 is 27.5 Å². The largest absolute Gasteiger partial charge is 0.398 e. The van der Waals surface area contributed by atoms with Crippen LogP contribution in [0.2, 0.25) is 5.02 Å². The average Bonchev–Trinajstić information content (AvgIpc) is 2.42. The Labute approximate surface area is 139 Å². The van der Waals surface area contributed by atoms with Gasteiger partial charge in [0.2, 0.25) is 10.0 Å². The summed E-state index contributed by atoms with van der Waals surface area (Å²) in [5.74, 6) is 0. The molecule has 0 bridgehead atoms. The van der Waals surface area contributed by atoms with E-state index in [1.165, 1.54) is 16.4 Å². The van der Waals surface area contributed by atoms with Gasteiger partial charge < -0.3 is 10.6 Å². The minimum atomic E-state index is -3.58. The van der Waals surface area contributed by atoms with E-state index in [1.807, 2.05) is 14.1 Å². The highest BCUT2D eigenvalue weighted by atomic mass is 79.9. The second-order valence-corrected chi connectivity index (χ2v) is 8.54. The molecular weight excluding hydrogens is 378 g/mol. The van der Waals surface area contributed by atoms with Crippen molar-refractivity contribution < 1.29 is 8.42 Å². The first-order valence-corrected chi connectivity index (χ1v) is 9.25. The van der Waals surface area contributed by atoms with E-state index in [2.05, 4.69) is 20.8 Å². The van der Waals surface area contributed by atoms with Crippen molar-refractivity contribution in [3.63, 3.8) is 0 Å². The van der Waals surface area contributed by atoms with Crippen LogP contribution in [0.4, 0.5) is 5.69 Å². The molecule has 0 aromatic heterocycles. The Morgan fingerprint density at radius 2 is 1.90 bits per heavy atom. The quantitative estimate of drug-likeness (QED) is 0.797. The number of rotatable bonds is 3. The van der Waals surface area contributed by atoms with Crippen molar-refractivity contribution >= 4 is 43.2 Å². The summed E-state index contributed by atoms with van der Waals surface area (Å²) < 4.78 is 27.4. The predicted molar refractivity (Wildman–Crippen MR) is 89.0 cm³/mol. The third-order valence-corrected chi connectivity index (χ3v) is 7.09. The van der Waals surface area contributed by atoms with Crippen LogP contribution < -0.4 is 5.73 Å². The molecule has 2 rings (SSSR count). The lowest BCUT2D eigenvalue weighted by atomic mass is 10.1. The number of hydrogen-bond acceptors (Lipinski definition) is 4. The van der Waals surface area contributed by atoms with E-state index < -0.39 is 10.0 Å². The predicted octanol–water partition coefficient (Wildman–Crippen LogP) is 2.40. The van der Waals surface area contributed by atoms with Gasteiger partial charge in [0.1, 0.15) is 0 Å². The number of nitrogen functional groups attached to an aromatic ring is 1. The van der Waals surface area contributed by atoms with Crippen LogP contribution in [0.15, 0.2) is 21.5 Å². The van der Waals surface area contributed by atoms with Gasteiger partial charge in [0.05, 0.1) is 9.37 Å². The summed E-state index contributed by atoms with van der Waals surface area (Å²) in [5.41, 5.74) is 6.11. The minimum absolute atomic E-state index is 0.135. The lowest BCUT2D eigenvalue weighted by Gasteiger charge is -2.34. The van der Waals surface area contributed by atoms with Crippen LogP contribution in [-0.4, -0.2) is 50.8 Å². The highest BCUT2D eigenvalue weighted by Crippen LogP contribution is 2.34. The van der Waals surface area contributed by atoms with Crippen molar-refractivity contribution in [3.05, 3.63) is 21.6 Å². The Morgan fingerprint density at radius 1 is 1.33 bits per heavy atom. The van der Waals surface area contributed by atoms with Gasteiger partial charge in [-0.2, -0.15) is 4.31 Å². The molecule has 0 saturated carbocycles. The molecule has 0 aliphatic carbocycles. The highest BCUT2D eigenvalue weighted by Gasteiger charge is 2.32. The maximum Gasteiger partial charge on any atom is 0.244 e. The van der Waals surface area contributed by atoms with E-state index in [9.17, 15) is 8.42 Å². The van der Waals surface area contributed by atoms with E-state index >= 15 is 0 Å². The average molecular weight is 397 g/mol. The molecule has 0 radical (unpaired) electrons. The van der Waals surface area contributed by atoms with E-state index in [4.69, 9.17) is 17.3 Å². The van der Waals surface area contributed by atoms with Crippen molar-refractivity contribution in [1.29, 1.82) is 0 Å². The molecule has 1 heterocycles. The number of piperidine rings is 1. The Kier molecular flexibility index (Phi) is 5.20. The van der Waals surface area contributed by atoms with Crippen LogP contribution in [0.25, 0.3) is 0 Å². The molecule has 1 fully saturated rings. The number of nitrogens with two attached hydrogens (primary N) is 1. The monoisotopic (exact) mass is 395 g/mol. The summed E-state index contributed by atoms with van der Waals surface area (Å²) in [6.07, 6.45) is 1.64. The summed E-state index contributed by atoms with van der Waals surface area (Å²) in [7, 11) is 0.451. The lowest BCUT2D eigenvalue weighted by Crippen LogP contribution is -2.44. The van der Waals surface area contributed by atoms with Crippen molar-refractivity contribution in [2.45, 2.75) is 23.8 Å². The number of nitrogens with zero attached hydrogens (tertiary/aromatic N) is 2. The Bertz CT molecular complexity index is 629. The van der Waals surface area contributed by atoms with E-state index in [-0.39, 0.29) is 4.90 Å². The summed E-state index contributed by atoms with van der Waals surface area (Å²) in [6.45, 7) is 1.01. The molecule has 0 spiro atoms. The summed E-state index contributed by atoms with van der Waals surface area (Å²) in [4.78, 5) is 2.27. The maximum atomic E-state index is 12.8. The first kappa shape index (κ1) is 17.0. The summed E-state index contributed by atoms with van der Waals surface area (Å²) in [5, 5.41) is 0.317. The topological polar surface area (TPSA) is 66.6 Å². The van der Waals surface area contributed by atoms with Gasteiger partial charge in [-0.3, -0.25) is 0 Å². The van der Waals surface area contributed by atoms with Gasteiger partial charge in [-0.05, 0) is 55.0 Å². The molecule has 1 aliphatic heterocycles. The molecule has 5 nitrogen and oxygen atoms in total. The van der Waals surface area contributed by atoms with Crippen LogP contribution in [-0.2, 0) is 10.0 Å². The zero-order valence-electron chi connectivity index (χ0n) is 12.0. The first-order valence-electron chi connectivity index (χ1n) is 6.64. The Morgan fingerprint density at radius 3 is 2.43 bits per heavy atom. The van der Waals surface area contributed by atoms with E-state index in [1.54, 1.807) is 0 Å². The van der Waals surface area contributed by atoms with Crippen molar-refractivity contribution in [1.82, 2.24) is 9.21 Å². The van der Waals surface area contributed by atoms with Gasteiger partial charge in [-0.25, -0.2) is 8.42 Å². The van der Waals surface area contributed by atoms with Crippen LogP contribution in [0.3, 0.4) is 0 Å². The van der Waals surface area contributed by atoms with Gasteiger partial charge in [-0.1, -0.05) is 11.6 Å². The number of halogens is 2. The number of benzene rings is 1. The number of hydrogen-bond donors (Lipinski definition) is 1. The molecule has 1 saturated heterocycles. The zero-order valence-corrected chi connectivity index (χ0v) is 15.2. The molecule has 0 atom stereocenters. The highest BCUT2D eigenvalue weighted by molar-refractivity contribution is 9.10. The molecule has 1 aliphatic rings. The summed E-state index contributed by atoms with van der Waals surface area (Å²) in [6, 6.07) is 3.39. The van der Waals surface area contributed by atoms with Crippen molar-refractivity contribution in [2.75, 3.05) is 32.9 Å². The molecular formula is C13H19BrClN3O2S. The third-order valence-electron chi connectivity index (χ3n) is 3.80. The number of sulfonamides is 1. The van der Waals surface area contributed by atoms with Gasteiger partial charge in [0.25, 0.3) is 0 Å². The fourth-order valence-electron chi connectivity index (χ4n) is 2.51. The molecule has 1 aromatic carbocycles. The molecule has 0 amide bonds. The maximum absolute atomic E-state index is 12.8. The minimum Gasteiger partial charge on any atom is -0.398 e. The van der Waals surface area contributed by atoms with Crippen LogP contribution in [0.5, 0.6) is 0 Å². The fourth-order valence-corrected chi connectivity index (χ4v) is 5.23. The van der Waals surface area contributed by atoms with Gasteiger partial charge in [-0.15, -0.1) is 0 Å². The van der Waals surface area contributed by atoms with E-state index in [0.717, 1.165) is 12.8 Å². The molecule has 0 unspecified atom stereocenters. The summed E-state index contributed by atoms with van der Waals surface area (Å²) >= 11 is 9.20. The Hall–Kier alpha value is -0.340. The molecule has 118 valence electrons.